The third-order valence-corrected chi connectivity index (χ3v) is 4.53. The molecule has 0 atom stereocenters. The van der Waals surface area contributed by atoms with Gasteiger partial charge in [0.05, 0.1) is 11.1 Å². The number of hydrogen-bond acceptors (Lipinski definition) is 5. The third kappa shape index (κ3) is 3.68. The zero-order chi connectivity index (χ0) is 18.0. The van der Waals surface area contributed by atoms with Gasteiger partial charge in [-0.3, -0.25) is 10.1 Å². The maximum Gasteiger partial charge on any atom is 0.288 e. The summed E-state index contributed by atoms with van der Waals surface area (Å²) in [7, 11) is 0. The Balaban J connectivity index is 2.02. The van der Waals surface area contributed by atoms with Crippen molar-refractivity contribution in [2.24, 2.45) is 5.10 Å². The van der Waals surface area contributed by atoms with E-state index in [2.05, 4.69) is 31.2 Å². The number of rotatable bonds is 4. The molecule has 0 radical (unpaired) electrons. The molecule has 2 aromatic carbocycles. The van der Waals surface area contributed by atoms with E-state index in [1.165, 1.54) is 23.0 Å². The van der Waals surface area contributed by atoms with Gasteiger partial charge in [-0.15, -0.1) is 0 Å². The highest BCUT2D eigenvalue weighted by atomic mass is 79.9. The van der Waals surface area contributed by atoms with E-state index in [0.717, 1.165) is 10.0 Å². The number of hydrogen-bond donors (Lipinski definition) is 1. The molecule has 1 N–H and O–H groups in total. The van der Waals surface area contributed by atoms with Gasteiger partial charge in [0.2, 0.25) is 4.77 Å². The van der Waals surface area contributed by atoms with Crippen LogP contribution in [-0.2, 0) is 0 Å². The van der Waals surface area contributed by atoms with Crippen LogP contribution in [0, 0.1) is 14.9 Å². The van der Waals surface area contributed by atoms with Crippen molar-refractivity contribution in [2.75, 3.05) is 0 Å². The molecular formula is C15H9BrClN5O2S. The van der Waals surface area contributed by atoms with Gasteiger partial charge in [-0.05, 0) is 30.4 Å². The Morgan fingerprint density at radius 1 is 1.36 bits per heavy atom. The maximum atomic E-state index is 11.0. The van der Waals surface area contributed by atoms with Gasteiger partial charge in [0, 0.05) is 21.7 Å². The molecule has 25 heavy (non-hydrogen) atoms. The predicted molar refractivity (Wildman–Crippen MR) is 102 cm³/mol. The molecule has 1 heterocycles. The Hall–Kier alpha value is -2.36. The molecule has 0 saturated carbocycles. The summed E-state index contributed by atoms with van der Waals surface area (Å²) in [5.41, 5.74) is 1.12. The molecule has 7 nitrogen and oxygen atoms in total. The molecule has 3 rings (SSSR count). The van der Waals surface area contributed by atoms with Gasteiger partial charge in [-0.25, -0.2) is 5.10 Å². The Labute approximate surface area is 160 Å². The summed E-state index contributed by atoms with van der Waals surface area (Å²) in [6.45, 7) is 0. The molecule has 0 saturated heterocycles. The van der Waals surface area contributed by atoms with E-state index in [0.29, 0.717) is 16.2 Å². The minimum atomic E-state index is -0.546. The minimum absolute atomic E-state index is 0.0657. The standard InChI is InChI=1S/C15H9BrClN5O2S/c16-11-4-2-1-3-10(11)14-19-20-15(25)21(14)18-8-9-5-6-12(17)13(7-9)22(23)24/h1-8H,(H,20,25)/b18-8-. The SMILES string of the molecule is O=[N+]([O-])c1cc(/C=N\n2c(-c3ccccc3Br)n[nH]c2=S)ccc1Cl. The third-order valence-electron chi connectivity index (χ3n) is 3.25. The second-order valence-corrected chi connectivity index (χ2v) is 6.50. The number of H-pyrrole nitrogens is 1. The smallest absolute Gasteiger partial charge is 0.258 e. The van der Waals surface area contributed by atoms with E-state index < -0.39 is 4.92 Å². The van der Waals surface area contributed by atoms with Crippen LogP contribution in [0.2, 0.25) is 5.02 Å². The van der Waals surface area contributed by atoms with Crippen LogP contribution in [0.5, 0.6) is 0 Å². The number of nitro benzene ring substituents is 1. The first-order valence-corrected chi connectivity index (χ1v) is 8.46. The molecule has 0 unspecified atom stereocenters. The maximum absolute atomic E-state index is 11.0. The van der Waals surface area contributed by atoms with E-state index in [9.17, 15) is 10.1 Å². The molecule has 3 aromatic rings. The van der Waals surface area contributed by atoms with E-state index in [4.69, 9.17) is 23.8 Å². The number of halogens is 2. The van der Waals surface area contributed by atoms with Crippen LogP contribution in [0.3, 0.4) is 0 Å². The first kappa shape index (κ1) is 17.5. The normalized spacial score (nSPS) is 11.1. The first-order valence-electron chi connectivity index (χ1n) is 6.88. The fraction of sp³-hybridized carbons (Fsp3) is 0. The van der Waals surface area contributed by atoms with Crippen LogP contribution in [0.4, 0.5) is 5.69 Å². The lowest BCUT2D eigenvalue weighted by Gasteiger charge is -2.03. The highest BCUT2D eigenvalue weighted by molar-refractivity contribution is 9.10. The zero-order valence-electron chi connectivity index (χ0n) is 12.4. The van der Waals surface area contributed by atoms with Gasteiger partial charge < -0.3 is 0 Å². The Bertz CT molecular complexity index is 1050. The second-order valence-electron chi connectivity index (χ2n) is 4.86. The van der Waals surface area contributed by atoms with Crippen molar-refractivity contribution in [1.82, 2.24) is 14.9 Å². The van der Waals surface area contributed by atoms with Gasteiger partial charge in [0.15, 0.2) is 5.82 Å². The Morgan fingerprint density at radius 2 is 2.12 bits per heavy atom. The van der Waals surface area contributed by atoms with Crippen molar-refractivity contribution in [3.8, 4) is 11.4 Å². The van der Waals surface area contributed by atoms with Crippen LogP contribution in [0.25, 0.3) is 11.4 Å². The van der Waals surface area contributed by atoms with Crippen molar-refractivity contribution in [1.29, 1.82) is 0 Å². The molecule has 126 valence electrons. The monoisotopic (exact) mass is 437 g/mol. The summed E-state index contributed by atoms with van der Waals surface area (Å²) < 4.78 is 2.57. The van der Waals surface area contributed by atoms with E-state index >= 15 is 0 Å². The van der Waals surface area contributed by atoms with Gasteiger partial charge in [0.25, 0.3) is 5.69 Å². The average Bonchev–Trinajstić information content (AvgIpc) is 2.95. The topological polar surface area (TPSA) is 89.1 Å². The van der Waals surface area contributed by atoms with Crippen molar-refractivity contribution >= 4 is 51.7 Å². The quantitative estimate of drug-likeness (QED) is 0.274. The van der Waals surface area contributed by atoms with E-state index in [1.807, 2.05) is 24.3 Å². The lowest BCUT2D eigenvalue weighted by Crippen LogP contribution is -1.96. The molecule has 0 spiro atoms. The van der Waals surface area contributed by atoms with E-state index in [-0.39, 0.29) is 10.7 Å². The van der Waals surface area contributed by atoms with Gasteiger partial charge in [-0.2, -0.15) is 14.9 Å². The molecular weight excluding hydrogens is 430 g/mol. The lowest BCUT2D eigenvalue weighted by atomic mass is 10.2. The second kappa shape index (κ2) is 7.26. The molecule has 0 aliphatic heterocycles. The average molecular weight is 439 g/mol. The minimum Gasteiger partial charge on any atom is -0.258 e. The van der Waals surface area contributed by atoms with Crippen molar-refractivity contribution < 1.29 is 4.92 Å². The Kier molecular flexibility index (Phi) is 5.07. The van der Waals surface area contributed by atoms with Gasteiger partial charge in [0.1, 0.15) is 5.02 Å². The first-order chi connectivity index (χ1) is 12.0. The number of aromatic amines is 1. The molecule has 0 fully saturated rings. The van der Waals surface area contributed by atoms with Crippen LogP contribution in [0.15, 0.2) is 52.0 Å². The van der Waals surface area contributed by atoms with Crippen LogP contribution in [-0.4, -0.2) is 26.0 Å². The summed E-state index contributed by atoms with van der Waals surface area (Å²) >= 11 is 14.5. The summed E-state index contributed by atoms with van der Waals surface area (Å²) in [6, 6.07) is 11.9. The highest BCUT2D eigenvalue weighted by Crippen LogP contribution is 2.27. The zero-order valence-corrected chi connectivity index (χ0v) is 15.5. The van der Waals surface area contributed by atoms with Crippen molar-refractivity contribution in [3.63, 3.8) is 0 Å². The molecule has 0 amide bonds. The molecule has 1 aromatic heterocycles. The molecule has 0 bridgehead atoms. The van der Waals surface area contributed by atoms with Crippen molar-refractivity contribution in [2.45, 2.75) is 0 Å². The lowest BCUT2D eigenvalue weighted by molar-refractivity contribution is -0.384. The number of benzene rings is 2. The highest BCUT2D eigenvalue weighted by Gasteiger charge is 2.13. The summed E-state index contributed by atoms with van der Waals surface area (Å²) in [6.07, 6.45) is 1.45. The fourth-order valence-electron chi connectivity index (χ4n) is 2.09. The van der Waals surface area contributed by atoms with Crippen molar-refractivity contribution in [3.05, 3.63) is 72.4 Å². The summed E-state index contributed by atoms with van der Waals surface area (Å²) in [5.74, 6) is 0.511. The summed E-state index contributed by atoms with van der Waals surface area (Å²) in [4.78, 5) is 10.4. The van der Waals surface area contributed by atoms with Crippen LogP contribution in [0.1, 0.15) is 5.56 Å². The van der Waals surface area contributed by atoms with Crippen LogP contribution < -0.4 is 0 Å². The largest absolute Gasteiger partial charge is 0.288 e. The Morgan fingerprint density at radius 3 is 2.84 bits per heavy atom. The number of nitrogens with one attached hydrogen (secondary N) is 1. The molecule has 0 aliphatic rings. The van der Waals surface area contributed by atoms with Crippen LogP contribution >= 0.6 is 39.7 Å². The van der Waals surface area contributed by atoms with Gasteiger partial charge >= 0.3 is 0 Å². The number of aromatic nitrogens is 3. The van der Waals surface area contributed by atoms with Gasteiger partial charge in [-0.1, -0.05) is 45.7 Å². The summed E-state index contributed by atoms with van der Waals surface area (Å²) in [5, 5.41) is 22.2. The fourth-order valence-corrected chi connectivity index (χ4v) is 2.92. The van der Waals surface area contributed by atoms with E-state index in [1.54, 1.807) is 6.07 Å². The number of nitro groups is 1. The molecule has 10 heteroatoms. The predicted octanol–water partition coefficient (Wildman–Crippen LogP) is 4.81. The number of nitrogens with zero attached hydrogens (tertiary/aromatic N) is 4. The molecule has 0 aliphatic carbocycles.